The maximum Gasteiger partial charge on any atom is 0.336 e. The fourth-order valence-corrected chi connectivity index (χ4v) is 4.59. The van der Waals surface area contributed by atoms with Crippen molar-refractivity contribution >= 4 is 23.4 Å². The molecule has 0 aromatic heterocycles. The number of carbonyl (C=O) groups is 2. The number of ether oxygens (including phenoxy) is 1. The van der Waals surface area contributed by atoms with Crippen LogP contribution in [0, 0.1) is 0 Å². The molecule has 1 heterocycles. The lowest BCUT2D eigenvalue weighted by atomic mass is 9.72. The number of hydrogen-bond acceptors (Lipinski definition) is 4. The van der Waals surface area contributed by atoms with E-state index in [4.69, 9.17) is 16.3 Å². The number of allylic oxidation sites excluding steroid dienone is 3. The van der Waals surface area contributed by atoms with Crippen LogP contribution in [-0.4, -0.2) is 18.4 Å². The number of esters is 1. The van der Waals surface area contributed by atoms with Crippen molar-refractivity contribution in [2.75, 3.05) is 6.61 Å². The highest BCUT2D eigenvalue weighted by atomic mass is 35.5. The van der Waals surface area contributed by atoms with Gasteiger partial charge >= 0.3 is 5.97 Å². The lowest BCUT2D eigenvalue weighted by molar-refractivity contribution is -0.138. The van der Waals surface area contributed by atoms with E-state index in [9.17, 15) is 9.59 Å². The van der Waals surface area contributed by atoms with Crippen molar-refractivity contribution in [3.8, 4) is 0 Å². The van der Waals surface area contributed by atoms with Gasteiger partial charge in [0.2, 0.25) is 0 Å². The number of hydrogen-bond donors (Lipinski definition) is 1. The largest absolute Gasteiger partial charge is 0.463 e. The molecule has 0 amide bonds. The van der Waals surface area contributed by atoms with Crippen molar-refractivity contribution in [3.63, 3.8) is 0 Å². The quantitative estimate of drug-likeness (QED) is 0.683. The Bertz CT molecular complexity index is 1040. The lowest BCUT2D eigenvalue weighted by Gasteiger charge is -2.36. The van der Waals surface area contributed by atoms with E-state index in [2.05, 4.69) is 17.4 Å². The molecule has 0 spiro atoms. The van der Waals surface area contributed by atoms with Gasteiger partial charge in [0.05, 0.1) is 12.2 Å². The van der Waals surface area contributed by atoms with Gasteiger partial charge in [-0.3, -0.25) is 4.79 Å². The number of carbonyl (C=O) groups excluding carboxylic acids is 2. The van der Waals surface area contributed by atoms with Gasteiger partial charge < -0.3 is 10.1 Å². The van der Waals surface area contributed by atoms with Gasteiger partial charge in [-0.2, -0.15) is 0 Å². The summed E-state index contributed by atoms with van der Waals surface area (Å²) in [5.74, 6) is -0.673. The third kappa shape index (κ3) is 3.80. The molecule has 1 aliphatic carbocycles. The highest BCUT2D eigenvalue weighted by Crippen LogP contribution is 2.45. The van der Waals surface area contributed by atoms with Crippen LogP contribution >= 0.6 is 11.6 Å². The van der Waals surface area contributed by atoms with E-state index >= 15 is 0 Å². The van der Waals surface area contributed by atoms with Gasteiger partial charge in [0.1, 0.15) is 0 Å². The zero-order chi connectivity index (χ0) is 21.3. The second-order valence-corrected chi connectivity index (χ2v) is 8.14. The van der Waals surface area contributed by atoms with Crippen LogP contribution in [0.25, 0.3) is 0 Å². The number of Topliss-reactive ketones (excluding diaryl/α,β-unsaturated/α-hetero) is 1. The topological polar surface area (TPSA) is 55.4 Å². The number of nitrogens with one attached hydrogen (secondary N) is 1. The molecule has 1 N–H and O–H groups in total. The smallest absolute Gasteiger partial charge is 0.336 e. The molecule has 2 atom stereocenters. The molecule has 0 saturated heterocycles. The Labute approximate surface area is 181 Å². The molecule has 2 aromatic carbocycles. The second kappa shape index (κ2) is 8.49. The van der Waals surface area contributed by atoms with Crippen LogP contribution < -0.4 is 5.32 Å². The van der Waals surface area contributed by atoms with Crippen LogP contribution in [0.2, 0.25) is 5.02 Å². The molecule has 0 radical (unpaired) electrons. The number of benzene rings is 2. The minimum atomic E-state index is -0.457. The van der Waals surface area contributed by atoms with Gasteiger partial charge in [0, 0.05) is 34.3 Å². The van der Waals surface area contributed by atoms with Crippen molar-refractivity contribution in [1.29, 1.82) is 0 Å². The molecule has 4 rings (SSSR count). The van der Waals surface area contributed by atoms with Gasteiger partial charge in [-0.1, -0.05) is 54.1 Å². The summed E-state index contributed by atoms with van der Waals surface area (Å²) in [6.45, 7) is 3.93. The summed E-state index contributed by atoms with van der Waals surface area (Å²) in [6, 6.07) is 17.4. The van der Waals surface area contributed by atoms with E-state index < -0.39 is 11.9 Å². The number of dihydropyridines is 1. The maximum atomic E-state index is 13.4. The summed E-state index contributed by atoms with van der Waals surface area (Å²) in [4.78, 5) is 26.2. The molecule has 154 valence electrons. The van der Waals surface area contributed by atoms with Crippen molar-refractivity contribution in [3.05, 3.63) is 93.3 Å². The highest BCUT2D eigenvalue weighted by molar-refractivity contribution is 6.30. The molecule has 30 heavy (non-hydrogen) atoms. The fourth-order valence-electron chi connectivity index (χ4n) is 4.47. The summed E-state index contributed by atoms with van der Waals surface area (Å²) in [5.41, 5.74) is 4.80. The van der Waals surface area contributed by atoms with E-state index in [0.29, 0.717) is 22.6 Å². The minimum Gasteiger partial charge on any atom is -0.463 e. The molecule has 0 saturated carbocycles. The maximum absolute atomic E-state index is 13.4. The SMILES string of the molecule is CCOC(=O)C1=C(C)NC2=C(C(=O)C[C@@H](c3ccccc3)C2)[C@H]1c1ccc(Cl)cc1. The van der Waals surface area contributed by atoms with E-state index in [0.717, 1.165) is 28.9 Å². The summed E-state index contributed by atoms with van der Waals surface area (Å²) in [6.07, 6.45) is 1.15. The standard InChI is InChI=1S/C25H24ClNO3/c1-3-30-25(29)22-15(2)27-20-13-18(16-7-5-4-6-8-16)14-21(28)24(20)23(22)17-9-11-19(26)12-10-17/h4-12,18,23,27H,3,13-14H2,1-2H3/t18-,23-/m0/s1. The molecular formula is C25H24ClNO3. The average Bonchev–Trinajstić information content (AvgIpc) is 2.74. The lowest BCUT2D eigenvalue weighted by Crippen LogP contribution is -2.36. The molecule has 5 heteroatoms. The Hall–Kier alpha value is -2.85. The van der Waals surface area contributed by atoms with E-state index in [1.54, 1.807) is 19.1 Å². The Morgan fingerprint density at radius 3 is 2.43 bits per heavy atom. The summed E-state index contributed by atoms with van der Waals surface area (Å²) < 4.78 is 5.34. The Morgan fingerprint density at radius 1 is 1.07 bits per heavy atom. The molecular weight excluding hydrogens is 398 g/mol. The van der Waals surface area contributed by atoms with E-state index in [1.165, 1.54) is 0 Å². The summed E-state index contributed by atoms with van der Waals surface area (Å²) in [7, 11) is 0. The third-order valence-electron chi connectivity index (χ3n) is 5.80. The normalized spacial score (nSPS) is 21.2. The van der Waals surface area contributed by atoms with Crippen LogP contribution in [0.3, 0.4) is 0 Å². The van der Waals surface area contributed by atoms with Crippen LogP contribution in [-0.2, 0) is 14.3 Å². The molecule has 2 aromatic rings. The molecule has 1 aliphatic heterocycles. The monoisotopic (exact) mass is 421 g/mol. The molecule has 0 bridgehead atoms. The number of rotatable bonds is 4. The molecule has 4 nitrogen and oxygen atoms in total. The van der Waals surface area contributed by atoms with Crippen LogP contribution in [0.5, 0.6) is 0 Å². The molecule has 0 fully saturated rings. The van der Waals surface area contributed by atoms with Crippen molar-refractivity contribution < 1.29 is 14.3 Å². The predicted molar refractivity (Wildman–Crippen MR) is 117 cm³/mol. The van der Waals surface area contributed by atoms with E-state index in [1.807, 2.05) is 37.3 Å². The van der Waals surface area contributed by atoms with Gasteiger partial charge in [0.25, 0.3) is 0 Å². The number of ketones is 1. The van der Waals surface area contributed by atoms with Crippen molar-refractivity contribution in [2.24, 2.45) is 0 Å². The Kier molecular flexibility index (Phi) is 5.78. The average molecular weight is 422 g/mol. The fraction of sp³-hybridized carbons (Fsp3) is 0.280. The van der Waals surface area contributed by atoms with Gasteiger partial charge in [-0.05, 0) is 49.4 Å². The van der Waals surface area contributed by atoms with Crippen LogP contribution in [0.15, 0.2) is 77.1 Å². The zero-order valence-corrected chi connectivity index (χ0v) is 17.8. The first-order chi connectivity index (χ1) is 14.5. The summed E-state index contributed by atoms with van der Waals surface area (Å²) in [5, 5.41) is 3.97. The minimum absolute atomic E-state index is 0.0619. The zero-order valence-electron chi connectivity index (χ0n) is 17.1. The molecule has 0 unspecified atom stereocenters. The highest BCUT2D eigenvalue weighted by Gasteiger charge is 2.41. The number of halogens is 1. The van der Waals surface area contributed by atoms with Gasteiger partial charge in [-0.15, -0.1) is 0 Å². The van der Waals surface area contributed by atoms with Gasteiger partial charge in [0.15, 0.2) is 5.78 Å². The third-order valence-corrected chi connectivity index (χ3v) is 6.05. The van der Waals surface area contributed by atoms with E-state index in [-0.39, 0.29) is 18.3 Å². The second-order valence-electron chi connectivity index (χ2n) is 7.70. The van der Waals surface area contributed by atoms with Crippen LogP contribution in [0.4, 0.5) is 0 Å². The van der Waals surface area contributed by atoms with Crippen LogP contribution in [0.1, 0.15) is 49.7 Å². The van der Waals surface area contributed by atoms with Crippen molar-refractivity contribution in [2.45, 2.75) is 38.5 Å². The first kappa shape index (κ1) is 20.4. The predicted octanol–water partition coefficient (Wildman–Crippen LogP) is 5.26. The molecule has 2 aliphatic rings. The first-order valence-electron chi connectivity index (χ1n) is 10.2. The Balaban J connectivity index is 1.80. The van der Waals surface area contributed by atoms with Gasteiger partial charge in [-0.25, -0.2) is 4.79 Å². The Morgan fingerprint density at radius 2 is 1.77 bits per heavy atom. The first-order valence-corrected chi connectivity index (χ1v) is 10.6. The van der Waals surface area contributed by atoms with Crippen molar-refractivity contribution in [1.82, 2.24) is 5.32 Å². The summed E-state index contributed by atoms with van der Waals surface area (Å²) >= 11 is 6.09.